The van der Waals surface area contributed by atoms with Crippen molar-refractivity contribution in [3.63, 3.8) is 0 Å². The summed E-state index contributed by atoms with van der Waals surface area (Å²) in [7, 11) is 1.22. The zero-order chi connectivity index (χ0) is 16.0. The first kappa shape index (κ1) is 17.0. The summed E-state index contributed by atoms with van der Waals surface area (Å²) in [6.45, 7) is 1.77. The van der Waals surface area contributed by atoms with Crippen LogP contribution in [-0.4, -0.2) is 43.5 Å². The molecule has 0 fully saturated rings. The lowest BCUT2D eigenvalue weighted by Gasteiger charge is -2.18. The maximum Gasteiger partial charge on any atom is 0.319 e. The van der Waals surface area contributed by atoms with Gasteiger partial charge in [0.15, 0.2) is 17.5 Å². The molecule has 0 heterocycles. The van der Waals surface area contributed by atoms with Gasteiger partial charge in [0, 0.05) is 0 Å². The quantitative estimate of drug-likeness (QED) is 0.640. The number of methoxy groups -OCH3 is 1. The number of hydrogen-bond acceptors (Lipinski definition) is 4. The number of halogens is 3. The second kappa shape index (κ2) is 7.63. The fourth-order valence-corrected chi connectivity index (χ4v) is 1.54. The van der Waals surface area contributed by atoms with E-state index in [0.29, 0.717) is 12.6 Å². The van der Waals surface area contributed by atoms with Crippen LogP contribution in [-0.2, 0) is 14.3 Å². The van der Waals surface area contributed by atoms with Crippen molar-refractivity contribution >= 4 is 17.6 Å². The van der Waals surface area contributed by atoms with Crippen molar-refractivity contribution in [1.82, 2.24) is 4.90 Å². The van der Waals surface area contributed by atoms with Crippen molar-refractivity contribution in [3.8, 4) is 0 Å². The Labute approximate surface area is 119 Å². The first-order valence-corrected chi connectivity index (χ1v) is 6.11. The van der Waals surface area contributed by atoms with E-state index in [1.165, 1.54) is 12.0 Å². The molecule has 116 valence electrons. The van der Waals surface area contributed by atoms with E-state index in [9.17, 15) is 22.8 Å². The molecule has 21 heavy (non-hydrogen) atoms. The van der Waals surface area contributed by atoms with Crippen molar-refractivity contribution in [1.29, 1.82) is 0 Å². The smallest absolute Gasteiger partial charge is 0.319 e. The van der Waals surface area contributed by atoms with E-state index >= 15 is 0 Å². The number of benzene rings is 1. The number of hydrogen-bond donors (Lipinski definition) is 1. The fourth-order valence-electron chi connectivity index (χ4n) is 1.54. The van der Waals surface area contributed by atoms with Crippen LogP contribution in [0.5, 0.6) is 0 Å². The van der Waals surface area contributed by atoms with Gasteiger partial charge in [-0.05, 0) is 18.7 Å². The Kier molecular flexibility index (Phi) is 6.16. The molecule has 5 nitrogen and oxygen atoms in total. The van der Waals surface area contributed by atoms with Crippen LogP contribution in [0.3, 0.4) is 0 Å². The number of esters is 1. The van der Waals surface area contributed by atoms with Crippen LogP contribution in [0.25, 0.3) is 0 Å². The Hall–Kier alpha value is -2.09. The molecule has 1 aromatic carbocycles. The van der Waals surface area contributed by atoms with E-state index in [2.05, 4.69) is 10.1 Å². The number of rotatable bonds is 6. The van der Waals surface area contributed by atoms with E-state index in [1.54, 1.807) is 6.92 Å². The van der Waals surface area contributed by atoms with Gasteiger partial charge in [-0.25, -0.2) is 13.2 Å². The molecular formula is C13H15F3N2O3. The molecule has 0 saturated heterocycles. The first-order valence-electron chi connectivity index (χ1n) is 6.11. The van der Waals surface area contributed by atoms with Crippen LogP contribution in [0.2, 0.25) is 0 Å². The topological polar surface area (TPSA) is 58.6 Å². The molecule has 0 bridgehead atoms. The van der Waals surface area contributed by atoms with Crippen LogP contribution in [0, 0.1) is 17.5 Å². The number of nitrogens with one attached hydrogen (secondary N) is 1. The molecule has 0 unspecified atom stereocenters. The highest BCUT2D eigenvalue weighted by Gasteiger charge is 2.17. The minimum Gasteiger partial charge on any atom is -0.468 e. The number of anilines is 1. The number of carbonyl (C=O) groups excluding carboxylic acids is 2. The summed E-state index contributed by atoms with van der Waals surface area (Å²) in [4.78, 5) is 24.3. The molecule has 0 aliphatic rings. The van der Waals surface area contributed by atoms with Gasteiger partial charge in [0.2, 0.25) is 5.91 Å². The molecule has 0 radical (unpaired) electrons. The van der Waals surface area contributed by atoms with E-state index < -0.39 is 35.0 Å². The maximum absolute atomic E-state index is 13.4. The van der Waals surface area contributed by atoms with Crippen LogP contribution in [0.4, 0.5) is 18.9 Å². The van der Waals surface area contributed by atoms with Gasteiger partial charge in [-0.15, -0.1) is 0 Å². The van der Waals surface area contributed by atoms with Crippen molar-refractivity contribution in [2.45, 2.75) is 6.92 Å². The van der Waals surface area contributed by atoms with Crippen LogP contribution in [0.15, 0.2) is 12.1 Å². The molecule has 1 N–H and O–H groups in total. The van der Waals surface area contributed by atoms with Gasteiger partial charge >= 0.3 is 5.97 Å². The van der Waals surface area contributed by atoms with E-state index in [-0.39, 0.29) is 13.1 Å². The van der Waals surface area contributed by atoms with Crippen LogP contribution < -0.4 is 5.32 Å². The van der Waals surface area contributed by atoms with Gasteiger partial charge in [0.05, 0.1) is 25.9 Å². The number of nitrogens with zero attached hydrogens (tertiary/aromatic N) is 1. The number of likely N-dealkylation sites (N-methyl/N-ethyl adjacent to an activating group) is 1. The van der Waals surface area contributed by atoms with Gasteiger partial charge in [0.25, 0.3) is 0 Å². The molecule has 0 aliphatic heterocycles. The largest absolute Gasteiger partial charge is 0.468 e. The highest BCUT2D eigenvalue weighted by atomic mass is 19.2. The Morgan fingerprint density at radius 3 is 2.43 bits per heavy atom. The highest BCUT2D eigenvalue weighted by Crippen LogP contribution is 2.19. The molecule has 0 saturated carbocycles. The zero-order valence-electron chi connectivity index (χ0n) is 11.6. The standard InChI is InChI=1S/C13H15F3N2O3/c1-3-18(7-11(20)21-2)6-10(19)17-9-5-4-8(14)12(15)13(9)16/h4-5H,3,6-7H2,1-2H3,(H,17,19). The van der Waals surface area contributed by atoms with Gasteiger partial charge in [0.1, 0.15) is 0 Å². The summed E-state index contributed by atoms with van der Waals surface area (Å²) in [5.41, 5.74) is -0.465. The lowest BCUT2D eigenvalue weighted by Crippen LogP contribution is -2.37. The zero-order valence-corrected chi connectivity index (χ0v) is 11.6. The Morgan fingerprint density at radius 1 is 1.19 bits per heavy atom. The predicted molar refractivity (Wildman–Crippen MR) is 69.1 cm³/mol. The summed E-state index contributed by atoms with van der Waals surface area (Å²) in [5, 5.41) is 2.12. The van der Waals surface area contributed by atoms with Crippen molar-refractivity contribution < 1.29 is 27.5 Å². The Morgan fingerprint density at radius 2 is 1.86 bits per heavy atom. The van der Waals surface area contributed by atoms with Gasteiger partial charge in [-0.3, -0.25) is 14.5 Å². The van der Waals surface area contributed by atoms with E-state index in [0.717, 1.165) is 6.07 Å². The third-order valence-electron chi connectivity index (χ3n) is 2.70. The highest BCUT2D eigenvalue weighted by molar-refractivity contribution is 5.92. The minimum atomic E-state index is -1.66. The molecule has 1 aromatic rings. The van der Waals surface area contributed by atoms with Crippen molar-refractivity contribution in [2.24, 2.45) is 0 Å². The first-order chi connectivity index (χ1) is 9.88. The Balaban J connectivity index is 2.69. The lowest BCUT2D eigenvalue weighted by atomic mass is 10.2. The minimum absolute atomic E-state index is 0.110. The fraction of sp³-hybridized carbons (Fsp3) is 0.385. The van der Waals surface area contributed by atoms with E-state index in [4.69, 9.17) is 0 Å². The molecule has 0 spiro atoms. The molecule has 0 aromatic heterocycles. The van der Waals surface area contributed by atoms with Gasteiger partial charge < -0.3 is 10.1 Å². The summed E-state index contributed by atoms with van der Waals surface area (Å²) in [6, 6.07) is 1.63. The average Bonchev–Trinajstić information content (AvgIpc) is 2.47. The third-order valence-corrected chi connectivity index (χ3v) is 2.70. The molecule has 1 amide bonds. The summed E-state index contributed by atoms with van der Waals surface area (Å²) >= 11 is 0. The molecule has 0 atom stereocenters. The maximum atomic E-state index is 13.4. The number of ether oxygens (including phenoxy) is 1. The second-order valence-electron chi connectivity index (χ2n) is 4.15. The van der Waals surface area contributed by atoms with Crippen LogP contribution in [0.1, 0.15) is 6.92 Å². The lowest BCUT2D eigenvalue weighted by molar-refractivity contribution is -0.142. The summed E-state index contributed by atoms with van der Waals surface area (Å²) in [5.74, 6) is -5.66. The monoisotopic (exact) mass is 304 g/mol. The average molecular weight is 304 g/mol. The third kappa shape index (κ3) is 4.75. The van der Waals surface area contributed by atoms with Gasteiger partial charge in [-0.1, -0.05) is 6.92 Å². The van der Waals surface area contributed by atoms with Crippen LogP contribution >= 0.6 is 0 Å². The molecular weight excluding hydrogens is 289 g/mol. The SMILES string of the molecule is CCN(CC(=O)Nc1ccc(F)c(F)c1F)CC(=O)OC. The second-order valence-corrected chi connectivity index (χ2v) is 4.15. The summed E-state index contributed by atoms with van der Waals surface area (Å²) < 4.78 is 43.6. The number of amides is 1. The van der Waals surface area contributed by atoms with Gasteiger partial charge in [-0.2, -0.15) is 0 Å². The van der Waals surface area contributed by atoms with Crippen molar-refractivity contribution in [3.05, 3.63) is 29.6 Å². The number of carbonyl (C=O) groups is 2. The van der Waals surface area contributed by atoms with Crippen molar-refractivity contribution in [2.75, 3.05) is 32.1 Å². The van der Waals surface area contributed by atoms with E-state index in [1.807, 2.05) is 0 Å². The normalized spacial score (nSPS) is 10.6. The predicted octanol–water partition coefficient (Wildman–Crippen LogP) is 1.54. The molecule has 8 heteroatoms. The molecule has 1 rings (SSSR count). The summed E-state index contributed by atoms with van der Waals surface area (Å²) in [6.07, 6.45) is 0. The Bertz CT molecular complexity index is 538. The molecule has 0 aliphatic carbocycles.